The molecule has 0 N–H and O–H groups in total. The van der Waals surface area contributed by atoms with Gasteiger partial charge in [-0.25, -0.2) is 0 Å². The second-order valence-electron chi connectivity index (χ2n) is 2.62. The van der Waals surface area contributed by atoms with E-state index in [4.69, 9.17) is 0 Å². The number of hydrogen-bond donors (Lipinski definition) is 0. The Bertz CT molecular complexity index is 197. The molecule has 0 amide bonds. The maximum atomic E-state index is 4.21. The lowest BCUT2D eigenvalue weighted by atomic mass is 9.45. The summed E-state index contributed by atoms with van der Waals surface area (Å²) in [7, 11) is 0. The van der Waals surface area contributed by atoms with Gasteiger partial charge in [0.1, 0.15) is 0 Å². The van der Waals surface area contributed by atoms with Crippen LogP contribution in [0.25, 0.3) is 0 Å². The second kappa shape index (κ2) is 4.11. The first kappa shape index (κ1) is 8.24. The number of rotatable bonds is 3. The SMILES string of the molecule is CCB(CC)c1ncccn1. The van der Waals surface area contributed by atoms with Crippen LogP contribution in [0.15, 0.2) is 18.5 Å². The van der Waals surface area contributed by atoms with Crippen molar-refractivity contribution in [1.82, 2.24) is 9.97 Å². The van der Waals surface area contributed by atoms with Crippen LogP contribution in [0.4, 0.5) is 0 Å². The molecule has 1 rings (SSSR count). The molecule has 2 nitrogen and oxygen atoms in total. The van der Waals surface area contributed by atoms with Gasteiger partial charge in [0.05, 0.1) is 5.72 Å². The molecule has 11 heavy (non-hydrogen) atoms. The molecular weight excluding hydrogens is 135 g/mol. The summed E-state index contributed by atoms with van der Waals surface area (Å²) >= 11 is 0. The summed E-state index contributed by atoms with van der Waals surface area (Å²) in [6.45, 7) is 4.88. The van der Waals surface area contributed by atoms with Gasteiger partial charge in [-0.3, -0.25) is 9.97 Å². The highest BCUT2D eigenvalue weighted by Crippen LogP contribution is 1.94. The van der Waals surface area contributed by atoms with E-state index in [2.05, 4.69) is 23.8 Å². The zero-order valence-corrected chi connectivity index (χ0v) is 7.12. The van der Waals surface area contributed by atoms with E-state index in [9.17, 15) is 0 Å². The molecule has 0 spiro atoms. The van der Waals surface area contributed by atoms with Crippen LogP contribution in [-0.2, 0) is 0 Å². The zero-order chi connectivity index (χ0) is 8.10. The van der Waals surface area contributed by atoms with Gasteiger partial charge in [0.2, 0.25) is 6.71 Å². The molecule has 0 fully saturated rings. The fourth-order valence-corrected chi connectivity index (χ4v) is 1.18. The third kappa shape index (κ3) is 2.04. The van der Waals surface area contributed by atoms with E-state index in [1.54, 1.807) is 12.4 Å². The third-order valence-electron chi connectivity index (χ3n) is 1.94. The Hall–Kier alpha value is -0.855. The zero-order valence-electron chi connectivity index (χ0n) is 7.12. The summed E-state index contributed by atoms with van der Waals surface area (Å²) in [6, 6.07) is 1.85. The normalized spacial score (nSPS) is 9.64. The maximum absolute atomic E-state index is 4.21. The highest BCUT2D eigenvalue weighted by atomic mass is 14.8. The Morgan fingerprint density at radius 1 is 1.18 bits per heavy atom. The minimum absolute atomic E-state index is 0.538. The monoisotopic (exact) mass is 148 g/mol. The molecule has 0 saturated carbocycles. The van der Waals surface area contributed by atoms with Gasteiger partial charge < -0.3 is 0 Å². The average Bonchev–Trinajstić information content (AvgIpc) is 2.09. The van der Waals surface area contributed by atoms with Crippen LogP contribution < -0.4 is 5.72 Å². The van der Waals surface area contributed by atoms with Gasteiger partial charge in [-0.2, -0.15) is 0 Å². The minimum Gasteiger partial charge on any atom is -0.252 e. The standard InChI is InChI=1S/C8H13BN2/c1-3-9(4-2)8-10-6-5-7-11-8/h5-7H,3-4H2,1-2H3. The summed E-state index contributed by atoms with van der Waals surface area (Å²) in [5, 5.41) is 0. The molecular formula is C8H13BN2. The summed E-state index contributed by atoms with van der Waals surface area (Å²) in [5.41, 5.74) is 0.984. The van der Waals surface area contributed by atoms with Crippen molar-refractivity contribution in [2.45, 2.75) is 26.5 Å². The Kier molecular flexibility index (Phi) is 3.08. The Labute approximate surface area is 68.2 Å². The molecule has 0 aliphatic rings. The van der Waals surface area contributed by atoms with Crippen molar-refractivity contribution < 1.29 is 0 Å². The summed E-state index contributed by atoms with van der Waals surface area (Å²) in [6.07, 6.45) is 5.86. The summed E-state index contributed by atoms with van der Waals surface area (Å²) in [4.78, 5) is 8.42. The third-order valence-corrected chi connectivity index (χ3v) is 1.94. The largest absolute Gasteiger partial charge is 0.252 e. The van der Waals surface area contributed by atoms with Crippen molar-refractivity contribution in [2.24, 2.45) is 0 Å². The summed E-state index contributed by atoms with van der Waals surface area (Å²) in [5.74, 6) is 0. The quantitative estimate of drug-likeness (QED) is 0.602. The molecule has 0 atom stereocenters. The van der Waals surface area contributed by atoms with Crippen LogP contribution >= 0.6 is 0 Å². The Balaban J connectivity index is 2.74. The molecule has 0 aliphatic heterocycles. The summed E-state index contributed by atoms with van der Waals surface area (Å²) < 4.78 is 0. The van der Waals surface area contributed by atoms with Crippen LogP contribution in [0, 0.1) is 0 Å². The van der Waals surface area contributed by atoms with Crippen molar-refractivity contribution in [2.75, 3.05) is 0 Å². The first-order valence-electron chi connectivity index (χ1n) is 4.15. The van der Waals surface area contributed by atoms with Gasteiger partial charge in [0.25, 0.3) is 0 Å². The topological polar surface area (TPSA) is 25.8 Å². The van der Waals surface area contributed by atoms with Crippen LogP contribution in [0.3, 0.4) is 0 Å². The smallest absolute Gasteiger partial charge is 0.224 e. The second-order valence-corrected chi connectivity index (χ2v) is 2.62. The molecule has 0 bridgehead atoms. The molecule has 0 saturated heterocycles. The molecule has 0 unspecified atom stereocenters. The van der Waals surface area contributed by atoms with Crippen LogP contribution in [0.2, 0.25) is 12.6 Å². The Morgan fingerprint density at radius 3 is 2.18 bits per heavy atom. The van der Waals surface area contributed by atoms with Gasteiger partial charge >= 0.3 is 0 Å². The minimum atomic E-state index is 0.538. The maximum Gasteiger partial charge on any atom is 0.224 e. The van der Waals surface area contributed by atoms with E-state index in [1.165, 1.54) is 0 Å². The number of aromatic nitrogens is 2. The van der Waals surface area contributed by atoms with E-state index in [1.807, 2.05) is 6.07 Å². The fourth-order valence-electron chi connectivity index (χ4n) is 1.18. The molecule has 0 aliphatic carbocycles. The van der Waals surface area contributed by atoms with E-state index in [0.29, 0.717) is 6.71 Å². The fraction of sp³-hybridized carbons (Fsp3) is 0.500. The van der Waals surface area contributed by atoms with Gasteiger partial charge in [0.15, 0.2) is 0 Å². The van der Waals surface area contributed by atoms with Gasteiger partial charge in [-0.15, -0.1) is 0 Å². The van der Waals surface area contributed by atoms with E-state index in [0.717, 1.165) is 18.4 Å². The van der Waals surface area contributed by atoms with E-state index >= 15 is 0 Å². The molecule has 1 aromatic heterocycles. The Morgan fingerprint density at radius 2 is 1.73 bits per heavy atom. The highest BCUT2D eigenvalue weighted by molar-refractivity contribution is 6.71. The molecule has 3 heteroatoms. The molecule has 0 radical (unpaired) electrons. The van der Waals surface area contributed by atoms with Gasteiger partial charge in [-0.05, 0) is 6.07 Å². The first-order valence-corrected chi connectivity index (χ1v) is 4.15. The van der Waals surface area contributed by atoms with Crippen molar-refractivity contribution in [3.8, 4) is 0 Å². The van der Waals surface area contributed by atoms with Crippen molar-refractivity contribution >= 4 is 12.4 Å². The van der Waals surface area contributed by atoms with E-state index < -0.39 is 0 Å². The van der Waals surface area contributed by atoms with Crippen molar-refractivity contribution in [1.29, 1.82) is 0 Å². The molecule has 1 aromatic rings. The average molecular weight is 148 g/mol. The van der Waals surface area contributed by atoms with Crippen LogP contribution in [0.5, 0.6) is 0 Å². The lowest BCUT2D eigenvalue weighted by Crippen LogP contribution is -2.33. The first-order chi connectivity index (χ1) is 5.38. The van der Waals surface area contributed by atoms with E-state index in [-0.39, 0.29) is 0 Å². The van der Waals surface area contributed by atoms with Crippen molar-refractivity contribution in [3.63, 3.8) is 0 Å². The molecule has 0 aromatic carbocycles. The number of nitrogens with zero attached hydrogens (tertiary/aromatic N) is 2. The highest BCUT2D eigenvalue weighted by Gasteiger charge is 2.13. The lowest BCUT2D eigenvalue weighted by Gasteiger charge is -2.04. The number of hydrogen-bond acceptors (Lipinski definition) is 2. The molecule has 58 valence electrons. The molecule has 1 heterocycles. The van der Waals surface area contributed by atoms with Crippen molar-refractivity contribution in [3.05, 3.63) is 18.5 Å². The predicted molar refractivity (Wildman–Crippen MR) is 48.4 cm³/mol. The lowest BCUT2D eigenvalue weighted by molar-refractivity contribution is 1.19. The van der Waals surface area contributed by atoms with Gasteiger partial charge in [-0.1, -0.05) is 26.5 Å². The van der Waals surface area contributed by atoms with Crippen LogP contribution in [0.1, 0.15) is 13.8 Å². The predicted octanol–water partition coefficient (Wildman–Crippen LogP) is 1.22. The van der Waals surface area contributed by atoms with Crippen LogP contribution in [-0.4, -0.2) is 16.7 Å². The van der Waals surface area contributed by atoms with Gasteiger partial charge in [0, 0.05) is 12.4 Å².